The molecule has 86 valence electrons. The van der Waals surface area contributed by atoms with Gasteiger partial charge in [0.05, 0.1) is 5.69 Å². The molecular weight excluding hydrogens is 216 g/mol. The third kappa shape index (κ3) is 2.24. The smallest absolute Gasteiger partial charge is 0.164 e. The predicted molar refractivity (Wildman–Crippen MR) is 72.7 cm³/mol. The molecule has 1 fully saturated rings. The highest BCUT2D eigenvalue weighted by Crippen LogP contribution is 2.26. The first kappa shape index (κ1) is 11.5. The first-order valence-electron chi connectivity index (χ1n) is 5.73. The van der Waals surface area contributed by atoms with Gasteiger partial charge in [-0.3, -0.25) is 0 Å². The van der Waals surface area contributed by atoms with E-state index in [1.165, 1.54) is 11.1 Å². The summed E-state index contributed by atoms with van der Waals surface area (Å²) in [5, 5.41) is 1.15. The molecule has 0 radical (unpaired) electrons. The van der Waals surface area contributed by atoms with Crippen LogP contribution < -0.4 is 0 Å². The maximum absolute atomic E-state index is 4.78. The predicted octanol–water partition coefficient (Wildman–Crippen LogP) is 3.22. The molecule has 1 aromatic rings. The molecule has 2 nitrogen and oxygen atoms in total. The van der Waals surface area contributed by atoms with Crippen LogP contribution >= 0.6 is 11.8 Å². The lowest BCUT2D eigenvalue weighted by Gasteiger charge is -2.12. The fourth-order valence-corrected chi connectivity index (χ4v) is 2.97. The first-order chi connectivity index (χ1) is 7.72. The summed E-state index contributed by atoms with van der Waals surface area (Å²) in [6.07, 6.45) is 1.05. The second-order valence-corrected chi connectivity index (χ2v) is 5.15. The Balaban J connectivity index is 2.37. The third-order valence-electron chi connectivity index (χ3n) is 2.94. The van der Waals surface area contributed by atoms with Crippen molar-refractivity contribution in [3.63, 3.8) is 0 Å². The minimum Gasteiger partial charge on any atom is -0.353 e. The summed E-state index contributed by atoms with van der Waals surface area (Å²) in [6.45, 7) is 5.46. The number of aryl methyl sites for hydroxylation is 1. The van der Waals surface area contributed by atoms with Crippen LogP contribution in [-0.2, 0) is 6.42 Å². The van der Waals surface area contributed by atoms with E-state index in [0.717, 1.165) is 29.6 Å². The van der Waals surface area contributed by atoms with Crippen molar-refractivity contribution in [1.82, 2.24) is 4.90 Å². The number of thioether (sulfide) groups is 1. The van der Waals surface area contributed by atoms with Crippen molar-refractivity contribution in [2.45, 2.75) is 20.3 Å². The number of rotatable bonds is 2. The molecule has 0 atom stereocenters. The summed E-state index contributed by atoms with van der Waals surface area (Å²) < 4.78 is 0. The van der Waals surface area contributed by atoms with Crippen LogP contribution in [0.1, 0.15) is 18.1 Å². The summed E-state index contributed by atoms with van der Waals surface area (Å²) in [5.41, 5.74) is 3.85. The van der Waals surface area contributed by atoms with Crippen LogP contribution in [0.5, 0.6) is 0 Å². The SMILES string of the molecule is CCc1c(C)cccc1N=C1SCCN1C. The molecule has 0 spiro atoms. The fraction of sp³-hybridized carbons (Fsp3) is 0.462. The molecule has 0 bridgehead atoms. The highest BCUT2D eigenvalue weighted by atomic mass is 32.2. The molecule has 0 aromatic heterocycles. The van der Waals surface area contributed by atoms with Crippen LogP contribution in [0.3, 0.4) is 0 Å². The van der Waals surface area contributed by atoms with Gasteiger partial charge in [-0.25, -0.2) is 4.99 Å². The van der Waals surface area contributed by atoms with Crippen molar-refractivity contribution in [1.29, 1.82) is 0 Å². The Kier molecular flexibility index (Phi) is 3.54. The standard InChI is InChI=1S/C13H18N2S/c1-4-11-10(2)6-5-7-12(11)14-13-15(3)8-9-16-13/h5-7H,4,8-9H2,1-3H3. The zero-order chi connectivity index (χ0) is 11.5. The van der Waals surface area contributed by atoms with Crippen molar-refractivity contribution >= 4 is 22.6 Å². The Bertz CT molecular complexity index is 412. The molecule has 16 heavy (non-hydrogen) atoms. The Hall–Kier alpha value is -0.960. The zero-order valence-electron chi connectivity index (χ0n) is 10.2. The molecule has 3 heteroatoms. The molecule has 1 aliphatic rings. The monoisotopic (exact) mass is 234 g/mol. The molecule has 0 N–H and O–H groups in total. The first-order valence-corrected chi connectivity index (χ1v) is 6.72. The van der Waals surface area contributed by atoms with E-state index >= 15 is 0 Å². The average molecular weight is 234 g/mol. The quantitative estimate of drug-likeness (QED) is 0.781. The number of aliphatic imine (C=N–C) groups is 1. The van der Waals surface area contributed by atoms with E-state index in [1.807, 2.05) is 11.8 Å². The van der Waals surface area contributed by atoms with Gasteiger partial charge in [0.25, 0.3) is 0 Å². The maximum Gasteiger partial charge on any atom is 0.164 e. The van der Waals surface area contributed by atoms with Gasteiger partial charge in [0.15, 0.2) is 5.17 Å². The summed E-state index contributed by atoms with van der Waals surface area (Å²) in [5.74, 6) is 1.16. The van der Waals surface area contributed by atoms with Gasteiger partial charge in [-0.1, -0.05) is 30.8 Å². The molecule has 2 rings (SSSR count). The van der Waals surface area contributed by atoms with Gasteiger partial charge in [0, 0.05) is 19.3 Å². The molecule has 1 aromatic carbocycles. The normalized spacial score (nSPS) is 18.4. The third-order valence-corrected chi connectivity index (χ3v) is 3.99. The van der Waals surface area contributed by atoms with Gasteiger partial charge in [0.1, 0.15) is 0 Å². The summed E-state index contributed by atoms with van der Waals surface area (Å²) in [6, 6.07) is 6.37. The van der Waals surface area contributed by atoms with Gasteiger partial charge in [-0.05, 0) is 30.5 Å². The van der Waals surface area contributed by atoms with Crippen LogP contribution in [0.25, 0.3) is 0 Å². The second-order valence-electron chi connectivity index (χ2n) is 4.09. The fourth-order valence-electron chi connectivity index (χ4n) is 1.95. The Morgan fingerprint density at radius 3 is 2.88 bits per heavy atom. The van der Waals surface area contributed by atoms with Gasteiger partial charge >= 0.3 is 0 Å². The molecule has 0 aliphatic carbocycles. The topological polar surface area (TPSA) is 15.6 Å². The van der Waals surface area contributed by atoms with E-state index in [0.29, 0.717) is 0 Å². The number of amidine groups is 1. The largest absolute Gasteiger partial charge is 0.353 e. The van der Waals surface area contributed by atoms with Crippen molar-refractivity contribution in [2.24, 2.45) is 4.99 Å². The number of nitrogens with zero attached hydrogens (tertiary/aromatic N) is 2. The average Bonchev–Trinajstić information content (AvgIpc) is 2.65. The van der Waals surface area contributed by atoms with E-state index < -0.39 is 0 Å². The van der Waals surface area contributed by atoms with Crippen molar-refractivity contribution in [3.05, 3.63) is 29.3 Å². The lowest BCUT2D eigenvalue weighted by atomic mass is 10.0. The molecular formula is C13H18N2S. The van der Waals surface area contributed by atoms with Gasteiger partial charge in [0.2, 0.25) is 0 Å². The van der Waals surface area contributed by atoms with Crippen LogP contribution in [0.15, 0.2) is 23.2 Å². The zero-order valence-corrected chi connectivity index (χ0v) is 11.0. The van der Waals surface area contributed by atoms with Crippen LogP contribution in [0.2, 0.25) is 0 Å². The lowest BCUT2D eigenvalue weighted by Crippen LogP contribution is -2.17. The van der Waals surface area contributed by atoms with Crippen LogP contribution in [0, 0.1) is 6.92 Å². The van der Waals surface area contributed by atoms with Crippen molar-refractivity contribution in [3.8, 4) is 0 Å². The number of hydrogen-bond donors (Lipinski definition) is 0. The molecule has 1 heterocycles. The van der Waals surface area contributed by atoms with Gasteiger partial charge in [-0.2, -0.15) is 0 Å². The second kappa shape index (κ2) is 4.91. The minimum absolute atomic E-state index is 1.05. The van der Waals surface area contributed by atoms with Crippen molar-refractivity contribution < 1.29 is 0 Å². The highest BCUT2D eigenvalue weighted by Gasteiger charge is 2.15. The minimum atomic E-state index is 1.05. The van der Waals surface area contributed by atoms with Gasteiger partial charge < -0.3 is 4.90 Å². The van der Waals surface area contributed by atoms with Gasteiger partial charge in [-0.15, -0.1) is 0 Å². The van der Waals surface area contributed by atoms with E-state index in [1.54, 1.807) is 0 Å². The molecule has 0 amide bonds. The molecule has 0 saturated carbocycles. The maximum atomic E-state index is 4.78. The number of hydrogen-bond acceptors (Lipinski definition) is 2. The number of benzene rings is 1. The molecule has 1 saturated heterocycles. The van der Waals surface area contributed by atoms with Crippen LogP contribution in [0.4, 0.5) is 5.69 Å². The van der Waals surface area contributed by atoms with Crippen LogP contribution in [-0.4, -0.2) is 29.4 Å². The highest BCUT2D eigenvalue weighted by molar-refractivity contribution is 8.14. The molecule has 0 unspecified atom stereocenters. The van der Waals surface area contributed by atoms with E-state index in [4.69, 9.17) is 4.99 Å². The van der Waals surface area contributed by atoms with E-state index in [-0.39, 0.29) is 0 Å². The Morgan fingerprint density at radius 1 is 1.44 bits per heavy atom. The summed E-state index contributed by atoms with van der Waals surface area (Å²) >= 11 is 1.85. The van der Waals surface area contributed by atoms with Crippen molar-refractivity contribution in [2.75, 3.05) is 19.3 Å². The van der Waals surface area contributed by atoms with E-state index in [2.05, 4.69) is 44.0 Å². The van der Waals surface area contributed by atoms with E-state index in [9.17, 15) is 0 Å². The Labute approximate surface area is 102 Å². The Morgan fingerprint density at radius 2 is 2.25 bits per heavy atom. The molecule has 1 aliphatic heterocycles. The summed E-state index contributed by atoms with van der Waals surface area (Å²) in [4.78, 5) is 7.00. The lowest BCUT2D eigenvalue weighted by molar-refractivity contribution is 0.563. The summed E-state index contributed by atoms with van der Waals surface area (Å²) in [7, 11) is 2.11.